The van der Waals surface area contributed by atoms with Gasteiger partial charge in [0.05, 0.1) is 24.0 Å². The van der Waals surface area contributed by atoms with Crippen LogP contribution in [0.5, 0.6) is 0 Å². The van der Waals surface area contributed by atoms with E-state index in [0.717, 1.165) is 11.1 Å². The van der Waals surface area contributed by atoms with Crippen molar-refractivity contribution in [3.63, 3.8) is 0 Å². The third-order valence-electron chi connectivity index (χ3n) is 4.10. The van der Waals surface area contributed by atoms with E-state index >= 15 is 0 Å². The molecule has 0 heterocycles. The first-order valence-electron chi connectivity index (χ1n) is 8.63. The van der Waals surface area contributed by atoms with Crippen molar-refractivity contribution >= 4 is 26.9 Å². The smallest absolute Gasteiger partial charge is 0.361 e. The van der Waals surface area contributed by atoms with Crippen LogP contribution in [-0.2, 0) is 30.4 Å². The highest BCUT2D eigenvalue weighted by Crippen LogP contribution is 2.26. The van der Waals surface area contributed by atoms with Crippen LogP contribution >= 0.6 is 0 Å². The molecule has 0 radical (unpaired) electrons. The normalized spacial score (nSPS) is 14.0. The van der Waals surface area contributed by atoms with Gasteiger partial charge in [-0.05, 0) is 42.4 Å². The lowest BCUT2D eigenvalue weighted by Gasteiger charge is -2.24. The molecule has 2 rings (SSSR count). The van der Waals surface area contributed by atoms with Crippen LogP contribution in [0.4, 0.5) is 0 Å². The van der Waals surface area contributed by atoms with E-state index in [2.05, 4.69) is 4.72 Å². The summed E-state index contributed by atoms with van der Waals surface area (Å²) < 4.78 is 33.9. The van der Waals surface area contributed by atoms with E-state index in [1.54, 1.807) is 31.2 Å². The molecular formula is C20H26NO4S2+. The molecule has 7 heteroatoms. The number of hydrogen-bond donors (Lipinski definition) is 1. The summed E-state index contributed by atoms with van der Waals surface area (Å²) in [6.45, 7) is 3.89. The summed E-state index contributed by atoms with van der Waals surface area (Å²) in [5.41, 5.74) is 1.70. The lowest BCUT2D eigenvalue weighted by molar-refractivity contribution is -0.143. The number of hydrogen-bond acceptors (Lipinski definition) is 4. The molecule has 0 saturated heterocycles. The number of ether oxygens (including phenoxy) is 1. The predicted octanol–water partition coefficient (Wildman–Crippen LogP) is 2.82. The van der Waals surface area contributed by atoms with Crippen LogP contribution in [0.1, 0.15) is 24.1 Å². The van der Waals surface area contributed by atoms with E-state index in [9.17, 15) is 13.2 Å². The van der Waals surface area contributed by atoms with E-state index in [4.69, 9.17) is 4.74 Å². The first-order chi connectivity index (χ1) is 12.8. The molecule has 0 unspecified atom stereocenters. The van der Waals surface area contributed by atoms with Gasteiger partial charge < -0.3 is 4.74 Å². The second-order valence-corrected chi connectivity index (χ2v) is 10.4. The molecule has 0 amide bonds. The standard InChI is InChI=1S/C20H26NO4S2/c1-5-25-20(22)19(26(3)4)18(16-9-7-6-8-10-16)21-27(23,24)17-13-11-15(2)12-14-17/h6-14,18-19,21H,5H2,1-4H3/q+1/t18-,19+/m0/s1. The molecule has 0 aromatic heterocycles. The number of sulfonamides is 1. The fourth-order valence-corrected chi connectivity index (χ4v) is 5.29. The molecule has 2 aromatic rings. The average Bonchev–Trinajstić information content (AvgIpc) is 2.62. The highest BCUT2D eigenvalue weighted by atomic mass is 32.2. The fraction of sp³-hybridized carbons (Fsp3) is 0.350. The topological polar surface area (TPSA) is 72.5 Å². The Hall–Kier alpha value is -1.83. The lowest BCUT2D eigenvalue weighted by atomic mass is 10.0. The molecule has 2 atom stereocenters. The van der Waals surface area contributed by atoms with Gasteiger partial charge in [-0.15, -0.1) is 0 Å². The minimum Gasteiger partial charge on any atom is -0.462 e. The minimum absolute atomic E-state index is 0.170. The third-order valence-corrected chi connectivity index (χ3v) is 7.04. The average molecular weight is 409 g/mol. The van der Waals surface area contributed by atoms with Crippen molar-refractivity contribution in [1.82, 2.24) is 4.72 Å². The van der Waals surface area contributed by atoms with Gasteiger partial charge in [0.2, 0.25) is 15.3 Å². The van der Waals surface area contributed by atoms with Gasteiger partial charge >= 0.3 is 5.97 Å². The van der Waals surface area contributed by atoms with Crippen LogP contribution in [0.3, 0.4) is 0 Å². The first-order valence-corrected chi connectivity index (χ1v) is 12.2. The summed E-state index contributed by atoms with van der Waals surface area (Å²) in [6.07, 6.45) is 3.83. The maximum Gasteiger partial charge on any atom is 0.361 e. The van der Waals surface area contributed by atoms with Gasteiger partial charge in [0.1, 0.15) is 6.04 Å². The maximum atomic E-state index is 13.0. The molecule has 5 nitrogen and oxygen atoms in total. The molecule has 0 aliphatic carbocycles. The van der Waals surface area contributed by atoms with Crippen LogP contribution in [0.2, 0.25) is 0 Å². The Bertz CT molecular complexity index is 849. The van der Waals surface area contributed by atoms with Crippen molar-refractivity contribution in [2.45, 2.75) is 30.0 Å². The molecule has 146 valence electrons. The van der Waals surface area contributed by atoms with E-state index in [0.29, 0.717) is 0 Å². The zero-order valence-corrected chi connectivity index (χ0v) is 17.6. The van der Waals surface area contributed by atoms with Crippen molar-refractivity contribution in [1.29, 1.82) is 0 Å². The fourth-order valence-electron chi connectivity index (χ4n) is 2.74. The van der Waals surface area contributed by atoms with E-state index in [1.165, 1.54) is 0 Å². The van der Waals surface area contributed by atoms with E-state index in [1.807, 2.05) is 49.8 Å². The van der Waals surface area contributed by atoms with E-state index < -0.39 is 38.2 Å². The van der Waals surface area contributed by atoms with Crippen LogP contribution in [0.25, 0.3) is 0 Å². The molecule has 0 spiro atoms. The highest BCUT2D eigenvalue weighted by molar-refractivity contribution is 7.97. The molecular weight excluding hydrogens is 382 g/mol. The van der Waals surface area contributed by atoms with Crippen LogP contribution in [0.15, 0.2) is 59.5 Å². The monoisotopic (exact) mass is 408 g/mol. The molecule has 0 fully saturated rings. The summed E-state index contributed by atoms with van der Waals surface area (Å²) in [6, 6.07) is 15.1. The zero-order valence-electron chi connectivity index (χ0n) is 16.0. The van der Waals surface area contributed by atoms with Gasteiger partial charge in [-0.25, -0.2) is 13.2 Å². The number of rotatable bonds is 8. The molecule has 0 aliphatic heterocycles. The highest BCUT2D eigenvalue weighted by Gasteiger charge is 2.42. The number of nitrogens with one attached hydrogen (secondary N) is 1. The predicted molar refractivity (Wildman–Crippen MR) is 110 cm³/mol. The van der Waals surface area contributed by atoms with Gasteiger partial charge in [-0.1, -0.05) is 48.0 Å². The number of benzene rings is 2. The van der Waals surface area contributed by atoms with Crippen LogP contribution in [-0.4, -0.2) is 38.8 Å². The first kappa shape index (κ1) is 21.5. The largest absolute Gasteiger partial charge is 0.462 e. The van der Waals surface area contributed by atoms with Gasteiger partial charge in [0.15, 0.2) is 0 Å². The summed E-state index contributed by atoms with van der Waals surface area (Å²) >= 11 is 0. The second kappa shape index (κ2) is 9.39. The van der Waals surface area contributed by atoms with Crippen LogP contribution < -0.4 is 4.72 Å². The van der Waals surface area contributed by atoms with Gasteiger partial charge in [0.25, 0.3) is 0 Å². The quantitative estimate of drug-likeness (QED) is 0.538. The second-order valence-electron chi connectivity index (χ2n) is 6.37. The summed E-state index contributed by atoms with van der Waals surface area (Å²) in [4.78, 5) is 12.8. The van der Waals surface area contributed by atoms with Gasteiger partial charge in [0, 0.05) is 0 Å². The Morgan fingerprint density at radius 2 is 1.67 bits per heavy atom. The Kier molecular flexibility index (Phi) is 7.47. The Morgan fingerprint density at radius 3 is 2.19 bits per heavy atom. The summed E-state index contributed by atoms with van der Waals surface area (Å²) in [5.74, 6) is -0.397. The van der Waals surface area contributed by atoms with Crippen molar-refractivity contribution in [2.75, 3.05) is 19.1 Å². The Morgan fingerprint density at radius 1 is 1.07 bits per heavy atom. The van der Waals surface area contributed by atoms with Crippen molar-refractivity contribution in [3.05, 3.63) is 65.7 Å². The van der Waals surface area contributed by atoms with Crippen molar-refractivity contribution in [3.8, 4) is 0 Å². The van der Waals surface area contributed by atoms with Gasteiger partial charge in [-0.2, -0.15) is 4.72 Å². The maximum absolute atomic E-state index is 13.0. The molecule has 0 bridgehead atoms. The molecule has 0 saturated carbocycles. The van der Waals surface area contributed by atoms with Crippen LogP contribution in [0, 0.1) is 6.92 Å². The molecule has 27 heavy (non-hydrogen) atoms. The number of aryl methyl sites for hydroxylation is 1. The summed E-state index contributed by atoms with van der Waals surface area (Å²) in [7, 11) is -4.22. The van der Waals surface area contributed by atoms with Crippen molar-refractivity contribution < 1.29 is 17.9 Å². The Labute approximate surface area is 164 Å². The molecule has 0 aliphatic rings. The van der Waals surface area contributed by atoms with Gasteiger partial charge in [-0.3, -0.25) is 0 Å². The molecule has 1 N–H and O–H groups in total. The van der Waals surface area contributed by atoms with E-state index in [-0.39, 0.29) is 11.5 Å². The summed E-state index contributed by atoms with van der Waals surface area (Å²) in [5, 5.41) is -0.618. The zero-order chi connectivity index (χ0) is 20.0. The minimum atomic E-state index is -3.80. The number of carbonyl (C=O) groups is 1. The third kappa shape index (κ3) is 5.57. The van der Waals surface area contributed by atoms with Crippen molar-refractivity contribution in [2.24, 2.45) is 0 Å². The Balaban J connectivity index is 2.46. The molecule has 2 aromatic carbocycles. The SMILES string of the molecule is CCOC(=O)[C@@H]([C@@H](NS(=O)(=O)c1ccc(C)cc1)c1ccccc1)[S+](C)C. The lowest BCUT2D eigenvalue weighted by Crippen LogP contribution is -2.45. The number of esters is 1. The number of carbonyl (C=O) groups excluding carboxylic acids is 1.